The molecule has 1 aliphatic heterocycles. The second-order valence-electron chi connectivity index (χ2n) is 6.73. The van der Waals surface area contributed by atoms with Gasteiger partial charge in [-0.3, -0.25) is 10.1 Å². The Morgan fingerprint density at radius 3 is 2.83 bits per heavy atom. The van der Waals surface area contributed by atoms with Gasteiger partial charge >= 0.3 is 6.01 Å². The van der Waals surface area contributed by atoms with E-state index in [9.17, 15) is 13.2 Å². The zero-order valence-corrected chi connectivity index (χ0v) is 18.4. The number of hydrogen-bond donors (Lipinski definition) is 1. The first-order chi connectivity index (χ1) is 14.5. The number of rotatable bonds is 7. The first-order valence-corrected chi connectivity index (χ1v) is 12.7. The van der Waals surface area contributed by atoms with Crippen molar-refractivity contribution in [1.29, 1.82) is 0 Å². The summed E-state index contributed by atoms with van der Waals surface area (Å²) in [5.74, 6) is 0.114. The van der Waals surface area contributed by atoms with Crippen molar-refractivity contribution in [2.24, 2.45) is 5.92 Å². The van der Waals surface area contributed by atoms with Gasteiger partial charge < -0.3 is 4.42 Å². The van der Waals surface area contributed by atoms with Crippen molar-refractivity contribution >= 4 is 45.0 Å². The van der Waals surface area contributed by atoms with Crippen molar-refractivity contribution in [3.05, 3.63) is 53.7 Å². The van der Waals surface area contributed by atoms with Crippen LogP contribution in [0.25, 0.3) is 0 Å². The zero-order chi connectivity index (χ0) is 21.0. The molecule has 158 valence electrons. The van der Waals surface area contributed by atoms with E-state index in [2.05, 4.69) is 15.5 Å². The summed E-state index contributed by atoms with van der Waals surface area (Å²) in [6.07, 6.45) is 1.22. The van der Waals surface area contributed by atoms with Gasteiger partial charge in [-0.15, -0.1) is 28.2 Å². The first kappa shape index (κ1) is 21.0. The van der Waals surface area contributed by atoms with E-state index in [1.807, 2.05) is 30.3 Å². The summed E-state index contributed by atoms with van der Waals surface area (Å²) in [5, 5.41) is 12.2. The fraction of sp³-hybridized carbons (Fsp3) is 0.316. The quantitative estimate of drug-likeness (QED) is 0.534. The highest BCUT2D eigenvalue weighted by Crippen LogP contribution is 2.27. The van der Waals surface area contributed by atoms with Crippen LogP contribution in [0.1, 0.15) is 18.7 Å². The van der Waals surface area contributed by atoms with Gasteiger partial charge in [-0.2, -0.15) is 4.31 Å². The number of hydrogen-bond acceptors (Lipinski definition) is 8. The molecular weight excluding hydrogens is 444 g/mol. The molecule has 3 aromatic rings. The van der Waals surface area contributed by atoms with Gasteiger partial charge in [-0.05, 0) is 36.4 Å². The highest BCUT2D eigenvalue weighted by molar-refractivity contribution is 7.98. The van der Waals surface area contributed by atoms with Gasteiger partial charge in [0.2, 0.25) is 11.8 Å². The molecule has 0 saturated carbocycles. The summed E-state index contributed by atoms with van der Waals surface area (Å²) in [4.78, 5) is 13.7. The van der Waals surface area contributed by atoms with Gasteiger partial charge in [-0.1, -0.05) is 29.4 Å². The second-order valence-corrected chi connectivity index (χ2v) is 10.9. The van der Waals surface area contributed by atoms with Crippen molar-refractivity contribution in [3.63, 3.8) is 0 Å². The summed E-state index contributed by atoms with van der Waals surface area (Å²) < 4.78 is 32.6. The van der Waals surface area contributed by atoms with Crippen LogP contribution in [-0.2, 0) is 20.6 Å². The van der Waals surface area contributed by atoms with E-state index in [1.54, 1.807) is 29.3 Å². The average Bonchev–Trinajstić information content (AvgIpc) is 3.46. The molecule has 4 rings (SSSR count). The van der Waals surface area contributed by atoms with Crippen molar-refractivity contribution in [3.8, 4) is 0 Å². The number of nitrogens with zero attached hydrogens (tertiary/aromatic N) is 3. The number of nitrogens with one attached hydrogen (secondary N) is 1. The molecule has 1 N–H and O–H groups in total. The maximum atomic E-state index is 12.7. The van der Waals surface area contributed by atoms with Crippen LogP contribution in [-0.4, -0.2) is 41.9 Å². The number of thioether (sulfide) groups is 1. The number of aromatic nitrogens is 2. The summed E-state index contributed by atoms with van der Waals surface area (Å²) in [7, 11) is -3.57. The Labute approximate surface area is 182 Å². The molecule has 11 heteroatoms. The van der Waals surface area contributed by atoms with Crippen LogP contribution < -0.4 is 5.32 Å². The molecule has 2 aromatic heterocycles. The standard InChI is InChI=1S/C19H20N4O4S3/c24-18(14-6-4-10-23(12-14)30(25,26)17-9-5-11-28-17)20-19-22-21-16(27-19)13-29-15-7-2-1-3-8-15/h1-3,5,7-9,11,14H,4,6,10,12-13H2,(H,20,22,24). The third-order valence-electron chi connectivity index (χ3n) is 4.65. The third-order valence-corrected chi connectivity index (χ3v) is 8.88. The van der Waals surface area contributed by atoms with E-state index >= 15 is 0 Å². The molecule has 1 saturated heterocycles. The minimum atomic E-state index is -3.57. The highest BCUT2D eigenvalue weighted by atomic mass is 32.2. The lowest BCUT2D eigenvalue weighted by molar-refractivity contribution is -0.121. The molecule has 3 heterocycles. The normalized spacial score (nSPS) is 17.7. The molecule has 1 fully saturated rings. The average molecular weight is 465 g/mol. The van der Waals surface area contributed by atoms with Gasteiger partial charge in [0.1, 0.15) is 4.21 Å². The smallest absolute Gasteiger partial charge is 0.322 e. The highest BCUT2D eigenvalue weighted by Gasteiger charge is 2.34. The summed E-state index contributed by atoms with van der Waals surface area (Å²) in [6.45, 7) is 0.544. The molecule has 1 aromatic carbocycles. The molecule has 8 nitrogen and oxygen atoms in total. The Hall–Kier alpha value is -2.21. The Balaban J connectivity index is 1.34. The molecule has 0 radical (unpaired) electrons. The summed E-state index contributed by atoms with van der Waals surface area (Å²) in [5.41, 5.74) is 0. The molecule has 0 bridgehead atoms. The van der Waals surface area contributed by atoms with Crippen molar-refractivity contribution in [2.45, 2.75) is 27.7 Å². The number of carbonyl (C=O) groups is 1. The monoisotopic (exact) mass is 464 g/mol. The molecule has 1 unspecified atom stereocenters. The fourth-order valence-electron chi connectivity index (χ4n) is 3.14. The van der Waals surface area contributed by atoms with Gasteiger partial charge in [-0.25, -0.2) is 8.42 Å². The SMILES string of the molecule is O=C(Nc1nnc(CSc2ccccc2)o1)C1CCCN(S(=O)(=O)c2cccs2)C1. The van der Waals surface area contributed by atoms with Crippen LogP contribution >= 0.6 is 23.1 Å². The minimum Gasteiger partial charge on any atom is -0.407 e. The molecule has 1 atom stereocenters. The summed E-state index contributed by atoms with van der Waals surface area (Å²) in [6, 6.07) is 13.1. The van der Waals surface area contributed by atoms with Crippen molar-refractivity contribution < 1.29 is 17.6 Å². The van der Waals surface area contributed by atoms with Crippen LogP contribution in [0.15, 0.2) is 61.4 Å². The van der Waals surface area contributed by atoms with E-state index in [0.717, 1.165) is 4.90 Å². The van der Waals surface area contributed by atoms with Crippen LogP contribution in [0.5, 0.6) is 0 Å². The van der Waals surface area contributed by atoms with E-state index in [-0.39, 0.29) is 18.5 Å². The fourth-order valence-corrected chi connectivity index (χ4v) is 6.57. The number of benzene rings is 1. The number of amides is 1. The molecule has 0 aliphatic carbocycles. The topological polar surface area (TPSA) is 105 Å². The lowest BCUT2D eigenvalue weighted by Crippen LogP contribution is -2.43. The van der Waals surface area contributed by atoms with E-state index in [0.29, 0.717) is 35.2 Å². The predicted molar refractivity (Wildman–Crippen MR) is 115 cm³/mol. The molecule has 0 spiro atoms. The van der Waals surface area contributed by atoms with Crippen LogP contribution in [0, 0.1) is 5.92 Å². The molecular formula is C19H20N4O4S3. The van der Waals surface area contributed by atoms with Crippen molar-refractivity contribution in [1.82, 2.24) is 14.5 Å². The molecule has 1 amide bonds. The lowest BCUT2D eigenvalue weighted by atomic mass is 9.99. The van der Waals surface area contributed by atoms with Gasteiger partial charge in [0, 0.05) is 18.0 Å². The zero-order valence-electron chi connectivity index (χ0n) is 15.9. The first-order valence-electron chi connectivity index (χ1n) is 9.37. The van der Waals surface area contributed by atoms with Gasteiger partial charge in [0.25, 0.3) is 10.0 Å². The van der Waals surface area contributed by atoms with Gasteiger partial charge in [0.15, 0.2) is 0 Å². The van der Waals surface area contributed by atoms with E-state index in [1.165, 1.54) is 15.6 Å². The van der Waals surface area contributed by atoms with Crippen LogP contribution in [0.4, 0.5) is 6.01 Å². The number of piperidine rings is 1. The Bertz CT molecular complexity index is 1080. The Morgan fingerprint density at radius 2 is 2.07 bits per heavy atom. The van der Waals surface area contributed by atoms with Crippen LogP contribution in [0.2, 0.25) is 0 Å². The van der Waals surface area contributed by atoms with E-state index in [4.69, 9.17) is 4.42 Å². The molecule has 30 heavy (non-hydrogen) atoms. The minimum absolute atomic E-state index is 0.0295. The number of anilines is 1. The largest absolute Gasteiger partial charge is 0.407 e. The van der Waals surface area contributed by atoms with Crippen molar-refractivity contribution in [2.75, 3.05) is 18.4 Å². The number of thiophene rings is 1. The Morgan fingerprint density at radius 1 is 1.23 bits per heavy atom. The second kappa shape index (κ2) is 9.29. The third kappa shape index (κ3) is 4.91. The maximum absolute atomic E-state index is 12.7. The summed E-state index contributed by atoms with van der Waals surface area (Å²) >= 11 is 2.73. The number of carbonyl (C=O) groups excluding carboxylic acids is 1. The lowest BCUT2D eigenvalue weighted by Gasteiger charge is -2.30. The van der Waals surface area contributed by atoms with E-state index < -0.39 is 15.9 Å². The van der Waals surface area contributed by atoms with Crippen LogP contribution in [0.3, 0.4) is 0 Å². The Kier molecular flexibility index (Phi) is 6.52. The predicted octanol–water partition coefficient (Wildman–Crippen LogP) is 3.46. The molecule has 1 aliphatic rings. The maximum Gasteiger partial charge on any atom is 0.322 e. The number of sulfonamides is 1. The van der Waals surface area contributed by atoms with Gasteiger partial charge in [0.05, 0.1) is 11.7 Å².